The summed E-state index contributed by atoms with van der Waals surface area (Å²) in [5, 5.41) is 25.0. The maximum atomic E-state index is 13.5. The van der Waals surface area contributed by atoms with Gasteiger partial charge in [-0.1, -0.05) is 54.1 Å². The molecule has 0 saturated carbocycles. The summed E-state index contributed by atoms with van der Waals surface area (Å²) in [4.78, 5) is 10.3. The van der Waals surface area contributed by atoms with Crippen LogP contribution in [0, 0.1) is 5.82 Å². The van der Waals surface area contributed by atoms with Gasteiger partial charge in [0.2, 0.25) is 0 Å². The second-order valence-electron chi connectivity index (χ2n) is 9.84. The van der Waals surface area contributed by atoms with E-state index in [1.54, 1.807) is 24.3 Å². The van der Waals surface area contributed by atoms with Gasteiger partial charge in [0, 0.05) is 43.2 Å². The summed E-state index contributed by atoms with van der Waals surface area (Å²) < 4.78 is 19.3. The highest BCUT2D eigenvalue weighted by Crippen LogP contribution is 2.36. The molecule has 0 saturated heterocycles. The van der Waals surface area contributed by atoms with E-state index in [0.29, 0.717) is 30.4 Å². The van der Waals surface area contributed by atoms with Crippen molar-refractivity contribution in [1.82, 2.24) is 9.80 Å². The van der Waals surface area contributed by atoms with Gasteiger partial charge in [-0.3, -0.25) is 4.90 Å². The molecule has 1 unspecified atom stereocenters. The van der Waals surface area contributed by atoms with Crippen LogP contribution in [0.3, 0.4) is 0 Å². The van der Waals surface area contributed by atoms with Gasteiger partial charge in [-0.15, -0.1) is 10.5 Å². The number of aliphatic hydroxyl groups is 2. The molecule has 3 aromatic rings. The Labute approximate surface area is 253 Å². The molecule has 220 valence electrons. The number of benzene rings is 3. The highest BCUT2D eigenvalue weighted by Gasteiger charge is 2.26. The van der Waals surface area contributed by atoms with Crippen LogP contribution in [0.4, 0.5) is 10.1 Å². The van der Waals surface area contributed by atoms with Crippen molar-refractivity contribution in [2.75, 3.05) is 43.9 Å². The second kappa shape index (κ2) is 14.6. The minimum atomic E-state index is -0.306. The van der Waals surface area contributed by atoms with E-state index < -0.39 is 0 Å². The van der Waals surface area contributed by atoms with Crippen molar-refractivity contribution in [3.05, 3.63) is 118 Å². The first-order chi connectivity index (χ1) is 20.5. The molecule has 0 bridgehead atoms. The van der Waals surface area contributed by atoms with Crippen molar-refractivity contribution in [3.8, 4) is 5.75 Å². The number of hydrogen-bond donors (Lipinski definition) is 3. The fourth-order valence-corrected chi connectivity index (χ4v) is 7.09. The van der Waals surface area contributed by atoms with Gasteiger partial charge in [-0.05, 0) is 52.9 Å². The van der Waals surface area contributed by atoms with E-state index >= 15 is 0 Å². The lowest BCUT2D eigenvalue weighted by atomic mass is 10.1. The van der Waals surface area contributed by atoms with Gasteiger partial charge in [0.15, 0.2) is 0 Å². The van der Waals surface area contributed by atoms with Gasteiger partial charge in [0.1, 0.15) is 24.0 Å². The molecule has 1 atom stereocenters. The first-order valence-electron chi connectivity index (χ1n) is 13.8. The molecule has 0 aromatic heterocycles. The second-order valence-corrected chi connectivity index (χ2v) is 12.2. The first kappa shape index (κ1) is 30.0. The molecule has 3 aromatic carbocycles. The van der Waals surface area contributed by atoms with E-state index in [1.165, 1.54) is 22.7 Å². The van der Waals surface area contributed by atoms with Crippen molar-refractivity contribution in [2.24, 2.45) is 4.99 Å². The van der Waals surface area contributed by atoms with Crippen LogP contribution in [0.15, 0.2) is 101 Å². The van der Waals surface area contributed by atoms with E-state index in [1.807, 2.05) is 30.6 Å². The number of rotatable bonds is 14. The highest BCUT2D eigenvalue weighted by molar-refractivity contribution is 8.19. The molecular weight excluding hydrogens is 575 g/mol. The van der Waals surface area contributed by atoms with Crippen LogP contribution >= 0.6 is 22.1 Å². The quantitative estimate of drug-likeness (QED) is 0.212. The van der Waals surface area contributed by atoms with Crippen molar-refractivity contribution in [2.45, 2.75) is 13.2 Å². The molecule has 7 nitrogen and oxygen atoms in total. The Balaban J connectivity index is 1.35. The number of fused-ring (bicyclic) bond motifs is 1. The van der Waals surface area contributed by atoms with Crippen LogP contribution in [0.25, 0.3) is 0 Å². The van der Waals surface area contributed by atoms with Gasteiger partial charge in [0.25, 0.3) is 0 Å². The van der Waals surface area contributed by atoms with Gasteiger partial charge in [-0.25, -0.2) is 9.38 Å². The Morgan fingerprint density at radius 3 is 2.48 bits per heavy atom. The molecule has 2 aliphatic heterocycles. The van der Waals surface area contributed by atoms with Crippen LogP contribution in [0.1, 0.15) is 11.1 Å². The summed E-state index contributed by atoms with van der Waals surface area (Å²) in [7, 11) is -0.190. The number of aliphatic hydroxyl groups excluding tert-OH is 2. The van der Waals surface area contributed by atoms with Crippen molar-refractivity contribution in [1.29, 1.82) is 0 Å². The molecule has 2 aliphatic rings. The van der Waals surface area contributed by atoms with Crippen LogP contribution in [-0.4, -0.2) is 69.9 Å². The lowest BCUT2D eigenvalue weighted by Crippen LogP contribution is -2.35. The average molecular weight is 609 g/mol. The van der Waals surface area contributed by atoms with E-state index in [-0.39, 0.29) is 36.1 Å². The summed E-state index contributed by atoms with van der Waals surface area (Å²) in [6, 6.07) is 22.1. The lowest BCUT2D eigenvalue weighted by molar-refractivity contribution is 0.167. The predicted octanol–water partition coefficient (Wildman–Crippen LogP) is 5.44. The third-order valence-electron chi connectivity index (χ3n) is 6.85. The molecule has 0 amide bonds. The third-order valence-corrected chi connectivity index (χ3v) is 9.19. The van der Waals surface area contributed by atoms with E-state index in [9.17, 15) is 14.6 Å². The molecule has 0 radical (unpaired) electrons. The number of nitrogens with one attached hydrogen (secondary N) is 1. The summed E-state index contributed by atoms with van der Waals surface area (Å²) in [5.41, 5.74) is 3.70. The van der Waals surface area contributed by atoms with Crippen molar-refractivity contribution >= 4 is 39.1 Å². The topological polar surface area (TPSA) is 80.6 Å². The van der Waals surface area contributed by atoms with Gasteiger partial charge < -0.3 is 25.2 Å². The minimum Gasteiger partial charge on any atom is -0.487 e. The molecule has 2 heterocycles. The van der Waals surface area contributed by atoms with Crippen LogP contribution < -0.4 is 10.1 Å². The van der Waals surface area contributed by atoms with Crippen LogP contribution in [0.2, 0.25) is 5.02 Å². The molecule has 0 spiro atoms. The van der Waals surface area contributed by atoms with Crippen LogP contribution in [-0.2, 0) is 13.2 Å². The predicted molar refractivity (Wildman–Crippen MR) is 171 cm³/mol. The van der Waals surface area contributed by atoms with Crippen molar-refractivity contribution < 1.29 is 19.3 Å². The Bertz CT molecular complexity index is 1510. The lowest BCUT2D eigenvalue weighted by Gasteiger charge is -2.29. The maximum absolute atomic E-state index is 13.5. The van der Waals surface area contributed by atoms with Gasteiger partial charge in [-0.2, -0.15) is 0 Å². The molecule has 5 rings (SSSR count). The zero-order chi connectivity index (χ0) is 29.3. The first-order valence-corrected chi connectivity index (χ1v) is 15.6. The van der Waals surface area contributed by atoms with Gasteiger partial charge >= 0.3 is 0 Å². The zero-order valence-corrected chi connectivity index (χ0v) is 24.7. The summed E-state index contributed by atoms with van der Waals surface area (Å²) in [5.74, 6) is 1.80. The molecular formula is C32H34ClFN4O3S. The fourth-order valence-electron chi connectivity index (χ4n) is 4.79. The minimum absolute atomic E-state index is 0.0589. The average Bonchev–Trinajstić information content (AvgIpc) is 3.42. The van der Waals surface area contributed by atoms with Crippen molar-refractivity contribution in [3.63, 3.8) is 0 Å². The Hall–Kier alpha value is -3.47. The number of anilines is 1. The monoisotopic (exact) mass is 608 g/mol. The van der Waals surface area contributed by atoms with E-state index in [2.05, 4.69) is 38.7 Å². The smallest absolute Gasteiger partial charge is 0.142 e. The molecule has 0 aliphatic carbocycles. The Kier molecular flexibility index (Phi) is 10.4. The number of ether oxygens (including phenoxy) is 1. The molecule has 0 fully saturated rings. The molecule has 3 N–H and O–H groups in total. The van der Waals surface area contributed by atoms with E-state index in [4.69, 9.17) is 21.3 Å². The third kappa shape index (κ3) is 7.67. The van der Waals surface area contributed by atoms with Crippen LogP contribution in [0.5, 0.6) is 5.75 Å². The highest BCUT2D eigenvalue weighted by atomic mass is 35.5. The number of hydrogen-bond acceptors (Lipinski definition) is 7. The zero-order valence-electron chi connectivity index (χ0n) is 23.1. The standard InChI is InChI=1S/C32H34ClFN4O3S/c33-29-20-27(9-10-30(29)41-22-25-7-4-8-26(34)19-25)36-31-28-11-17-42(18-14-37(12-15-39)13-16-40)32(28)38(23-35-31)21-24-5-2-1-3-6-24/h1-11,17,19-20,23,36,39-40H,12-16,18,21-22H2. The Morgan fingerprint density at radius 1 is 0.952 bits per heavy atom. The fraction of sp³-hybridized carbons (Fsp3) is 0.250. The SMILES string of the molecule is OCCN(CCO)CCS1=C2C(=C(Nc3ccc(OCc4cccc(F)c4)c(Cl)c3)N=CN2Cc2ccccc2)C=C1. The number of aliphatic imine (C=N–C) groups is 1. The molecule has 10 heteroatoms. The summed E-state index contributed by atoms with van der Waals surface area (Å²) in [6.45, 7) is 2.85. The van der Waals surface area contributed by atoms with Gasteiger partial charge in [0.05, 0.1) is 29.6 Å². The number of halogens is 2. The largest absolute Gasteiger partial charge is 0.487 e. The number of nitrogens with zero attached hydrogens (tertiary/aromatic N) is 3. The maximum Gasteiger partial charge on any atom is 0.142 e. The summed E-state index contributed by atoms with van der Waals surface area (Å²) >= 11 is 6.55. The molecule has 42 heavy (non-hydrogen) atoms. The van der Waals surface area contributed by atoms with E-state index in [0.717, 1.165) is 34.9 Å². The normalized spacial score (nSPS) is 16.0. The Morgan fingerprint density at radius 2 is 1.74 bits per heavy atom. The summed E-state index contributed by atoms with van der Waals surface area (Å²) in [6.07, 6.45) is 3.99.